The fourth-order valence-electron chi connectivity index (χ4n) is 9.19. The van der Waals surface area contributed by atoms with E-state index >= 15 is 0 Å². The first kappa shape index (κ1) is 20.6. The molecular weight excluding hydrogens is 436 g/mol. The van der Waals surface area contributed by atoms with Crippen molar-refractivity contribution in [1.29, 1.82) is 0 Å². The fourth-order valence-corrected chi connectivity index (χ4v) is 9.19. The summed E-state index contributed by atoms with van der Waals surface area (Å²) < 4.78 is 6.40. The first-order valence-corrected chi connectivity index (χ1v) is 13.3. The van der Waals surface area contributed by atoms with Crippen molar-refractivity contribution >= 4 is 17.3 Å². The van der Waals surface area contributed by atoms with E-state index in [9.17, 15) is 4.79 Å². The van der Waals surface area contributed by atoms with Crippen LogP contribution >= 0.6 is 0 Å². The molecule has 2 aromatic rings. The van der Waals surface area contributed by atoms with Crippen molar-refractivity contribution in [3.8, 4) is 0 Å². The number of likely N-dealkylation sites (tertiary alicyclic amines) is 1. The van der Waals surface area contributed by atoms with Crippen LogP contribution < -0.4 is 10.2 Å². The summed E-state index contributed by atoms with van der Waals surface area (Å²) in [7, 11) is 2.26. The Kier molecular flexibility index (Phi) is 3.66. The zero-order valence-electron chi connectivity index (χ0n) is 21.0. The third kappa shape index (κ3) is 2.08. The molecule has 0 aliphatic carbocycles. The number of epoxide rings is 1. The average Bonchev–Trinajstić information content (AvgIpc) is 3.26. The topological polar surface area (TPSA) is 51.4 Å². The number of rotatable bonds is 2. The molecule has 0 radical (unpaired) electrons. The molecule has 3 saturated heterocycles. The molecule has 1 amide bonds. The van der Waals surface area contributed by atoms with Gasteiger partial charge >= 0.3 is 0 Å². The van der Waals surface area contributed by atoms with Gasteiger partial charge in [-0.1, -0.05) is 37.3 Å². The zero-order chi connectivity index (χ0) is 23.9. The molecule has 0 aromatic heterocycles. The number of para-hydroxylation sites is 1. The van der Waals surface area contributed by atoms with Gasteiger partial charge in [-0.2, -0.15) is 0 Å². The number of piperidine rings is 1. The molecule has 182 valence electrons. The highest BCUT2D eigenvalue weighted by Gasteiger charge is 2.77. The third-order valence-corrected chi connectivity index (χ3v) is 10.5. The minimum absolute atomic E-state index is 0.0335. The molecule has 1 N–H and O–H groups in total. The summed E-state index contributed by atoms with van der Waals surface area (Å²) in [5, 5.41) is 4.01. The van der Waals surface area contributed by atoms with Crippen LogP contribution in [0.2, 0.25) is 0 Å². The maximum absolute atomic E-state index is 13.5. The smallest absolute Gasteiger partial charge is 0.223 e. The van der Waals surface area contributed by atoms with Crippen LogP contribution in [0.4, 0.5) is 11.4 Å². The molecule has 2 bridgehead atoms. The lowest BCUT2D eigenvalue weighted by Crippen LogP contribution is -2.73. The van der Waals surface area contributed by atoms with Gasteiger partial charge < -0.3 is 19.9 Å². The van der Waals surface area contributed by atoms with E-state index in [0.29, 0.717) is 6.42 Å². The number of anilines is 2. The van der Waals surface area contributed by atoms with E-state index in [0.717, 1.165) is 25.9 Å². The first-order chi connectivity index (χ1) is 16.9. The molecular formula is C29H34N4O2. The second-order valence-corrected chi connectivity index (χ2v) is 12.0. The SMILES string of the molecule is CCC(=O)N1CCC23c4ccccc4NC4N(C)c5cccc6c5C42CCN(C6C2OC2(C)C)C13. The first-order valence-electron chi connectivity index (χ1n) is 13.3. The standard InChI is InChI=1S/C29H34N4O2/c1-5-21(34)32-15-13-28-18-10-6-7-11-19(18)30-25-29(28)14-16-33(26(28)32)23(24-27(2,3)35-24)17-9-8-12-20(22(17)29)31(25)4/h6-12,23-26,30H,5,13-16H2,1-4H3. The van der Waals surface area contributed by atoms with Crippen molar-refractivity contribution in [1.82, 2.24) is 9.80 Å². The summed E-state index contributed by atoms with van der Waals surface area (Å²) in [5.74, 6) is 0.272. The predicted octanol–water partition coefficient (Wildman–Crippen LogP) is 3.97. The van der Waals surface area contributed by atoms with E-state index in [4.69, 9.17) is 4.74 Å². The Morgan fingerprint density at radius 1 is 1.09 bits per heavy atom. The molecule has 0 saturated carbocycles. The molecule has 7 atom stereocenters. The number of hydrogen-bond acceptors (Lipinski definition) is 5. The van der Waals surface area contributed by atoms with E-state index in [1.54, 1.807) is 0 Å². The maximum Gasteiger partial charge on any atom is 0.223 e. The van der Waals surface area contributed by atoms with Gasteiger partial charge in [-0.3, -0.25) is 9.69 Å². The van der Waals surface area contributed by atoms with Crippen LogP contribution in [0.3, 0.4) is 0 Å². The molecule has 7 unspecified atom stereocenters. The van der Waals surface area contributed by atoms with Crippen LogP contribution in [0.25, 0.3) is 0 Å². The number of nitrogens with one attached hydrogen (secondary N) is 1. The molecule has 6 aliphatic rings. The van der Waals surface area contributed by atoms with E-state index in [-0.39, 0.29) is 46.8 Å². The quantitative estimate of drug-likeness (QED) is 0.673. The Hall–Kier alpha value is -2.57. The van der Waals surface area contributed by atoms with Gasteiger partial charge in [0.1, 0.15) is 12.3 Å². The van der Waals surface area contributed by atoms with Crippen molar-refractivity contribution < 1.29 is 9.53 Å². The molecule has 6 heteroatoms. The van der Waals surface area contributed by atoms with Gasteiger partial charge in [-0.15, -0.1) is 0 Å². The third-order valence-electron chi connectivity index (χ3n) is 10.5. The molecule has 35 heavy (non-hydrogen) atoms. The molecule has 6 heterocycles. The summed E-state index contributed by atoms with van der Waals surface area (Å²) in [6.45, 7) is 8.24. The molecule has 2 spiro atoms. The van der Waals surface area contributed by atoms with Crippen LogP contribution in [0.1, 0.15) is 62.8 Å². The highest BCUT2D eigenvalue weighted by atomic mass is 16.6. The monoisotopic (exact) mass is 470 g/mol. The van der Waals surface area contributed by atoms with Crippen LogP contribution in [0.15, 0.2) is 42.5 Å². The van der Waals surface area contributed by atoms with Gasteiger partial charge in [0.2, 0.25) is 5.91 Å². The highest BCUT2D eigenvalue weighted by molar-refractivity contribution is 5.81. The second kappa shape index (κ2) is 6.22. The number of likely N-dealkylation sites (N-methyl/N-ethyl adjacent to an activating group) is 1. The maximum atomic E-state index is 13.5. The lowest BCUT2D eigenvalue weighted by atomic mass is 9.50. The van der Waals surface area contributed by atoms with Crippen LogP contribution in [0.5, 0.6) is 0 Å². The fraction of sp³-hybridized carbons (Fsp3) is 0.552. The molecule has 8 rings (SSSR count). The summed E-state index contributed by atoms with van der Waals surface area (Å²) in [4.78, 5) is 21.0. The van der Waals surface area contributed by atoms with Gasteiger partial charge in [0, 0.05) is 43.3 Å². The molecule has 3 fully saturated rings. The number of fused-ring (bicyclic) bond motifs is 1. The number of carbonyl (C=O) groups is 1. The van der Waals surface area contributed by atoms with Crippen molar-refractivity contribution in [3.05, 3.63) is 59.2 Å². The Balaban J connectivity index is 1.50. The van der Waals surface area contributed by atoms with Gasteiger partial charge in [0.15, 0.2) is 0 Å². The number of ether oxygens (including phenoxy) is 1. The van der Waals surface area contributed by atoms with Crippen LogP contribution in [0, 0.1) is 0 Å². The van der Waals surface area contributed by atoms with Gasteiger partial charge in [-0.25, -0.2) is 0 Å². The normalized spacial score (nSPS) is 40.5. The average molecular weight is 471 g/mol. The van der Waals surface area contributed by atoms with E-state index in [1.807, 2.05) is 6.92 Å². The number of benzene rings is 2. The van der Waals surface area contributed by atoms with Crippen LogP contribution in [-0.4, -0.2) is 59.9 Å². The Morgan fingerprint density at radius 3 is 2.63 bits per heavy atom. The van der Waals surface area contributed by atoms with Crippen molar-refractivity contribution in [2.45, 2.75) is 80.9 Å². The summed E-state index contributed by atoms with van der Waals surface area (Å²) in [5.41, 5.74) is 6.50. The van der Waals surface area contributed by atoms with E-state index in [2.05, 4.69) is 83.4 Å². The largest absolute Gasteiger partial charge is 0.365 e. The van der Waals surface area contributed by atoms with Crippen molar-refractivity contribution in [3.63, 3.8) is 0 Å². The number of amides is 1. The zero-order valence-corrected chi connectivity index (χ0v) is 21.0. The van der Waals surface area contributed by atoms with Crippen molar-refractivity contribution in [2.75, 3.05) is 30.4 Å². The predicted molar refractivity (Wildman–Crippen MR) is 135 cm³/mol. The molecule has 2 aromatic carbocycles. The number of hydrogen-bond donors (Lipinski definition) is 1. The molecule has 6 aliphatic heterocycles. The van der Waals surface area contributed by atoms with Crippen LogP contribution in [-0.2, 0) is 20.4 Å². The minimum Gasteiger partial charge on any atom is -0.365 e. The van der Waals surface area contributed by atoms with Crippen molar-refractivity contribution in [2.24, 2.45) is 0 Å². The second-order valence-electron chi connectivity index (χ2n) is 12.0. The minimum atomic E-state index is -0.161. The van der Waals surface area contributed by atoms with Gasteiger partial charge in [-0.05, 0) is 55.5 Å². The summed E-state index contributed by atoms with van der Waals surface area (Å²) in [6.07, 6.45) is 2.96. The van der Waals surface area contributed by atoms with E-state index in [1.165, 1.54) is 28.1 Å². The Morgan fingerprint density at radius 2 is 1.86 bits per heavy atom. The lowest BCUT2D eigenvalue weighted by molar-refractivity contribution is -0.142. The van der Waals surface area contributed by atoms with Gasteiger partial charge in [0.05, 0.1) is 23.2 Å². The summed E-state index contributed by atoms with van der Waals surface area (Å²) >= 11 is 0. The number of nitrogens with zero attached hydrogens (tertiary/aromatic N) is 3. The van der Waals surface area contributed by atoms with Gasteiger partial charge in [0.25, 0.3) is 0 Å². The lowest BCUT2D eigenvalue weighted by Gasteiger charge is -2.62. The Bertz CT molecular complexity index is 1290. The summed E-state index contributed by atoms with van der Waals surface area (Å²) in [6, 6.07) is 16.0. The van der Waals surface area contributed by atoms with E-state index < -0.39 is 0 Å². The highest BCUT2D eigenvalue weighted by Crippen LogP contribution is 2.72. The molecule has 6 nitrogen and oxygen atoms in total. The Labute approximate surface area is 207 Å². The number of carbonyl (C=O) groups excluding carboxylic acids is 1.